The van der Waals surface area contributed by atoms with Crippen LogP contribution in [0.2, 0.25) is 0 Å². The molecule has 0 bridgehead atoms. The highest BCUT2D eigenvalue weighted by Crippen LogP contribution is 2.31. The number of rotatable bonds is 0. The van der Waals surface area contributed by atoms with E-state index in [0.29, 0.717) is 13.2 Å². The molecule has 0 aromatic rings. The number of morpholine rings is 1. The summed E-state index contributed by atoms with van der Waals surface area (Å²) in [4.78, 5) is 1.45. The lowest BCUT2D eigenvalue weighted by Crippen LogP contribution is -2.59. The number of alkyl halides is 3. The quantitative estimate of drug-likeness (QED) is 0.608. The molecule has 5 heteroatoms. The molecule has 1 fully saturated rings. The van der Waals surface area contributed by atoms with E-state index in [-0.39, 0.29) is 6.61 Å². The Bertz CT molecular complexity index is 175. The third kappa shape index (κ3) is 2.60. The molecule has 0 saturated carbocycles. The molecule has 0 N–H and O–H groups in total. The number of nitrogens with zero attached hydrogens (tertiary/aromatic N) is 1. The molecular formula is C9H16F3NO. The Kier molecular flexibility index (Phi) is 3.11. The Balaban J connectivity index is 2.80. The lowest BCUT2D eigenvalue weighted by molar-refractivity contribution is -0.225. The number of hydrogen-bond donors (Lipinski definition) is 0. The highest BCUT2D eigenvalue weighted by Gasteiger charge is 2.48. The number of halogens is 3. The molecule has 1 aliphatic heterocycles. The van der Waals surface area contributed by atoms with Gasteiger partial charge in [-0.25, -0.2) is 0 Å². The minimum Gasteiger partial charge on any atom is -0.378 e. The van der Waals surface area contributed by atoms with Crippen molar-refractivity contribution in [1.82, 2.24) is 4.90 Å². The van der Waals surface area contributed by atoms with Crippen LogP contribution >= 0.6 is 0 Å². The van der Waals surface area contributed by atoms with Crippen LogP contribution in [0.4, 0.5) is 13.2 Å². The minimum absolute atomic E-state index is 0.249. The SMILES string of the molecule is CC(C)(C)N1CCOC[C@@H]1C(F)(F)F. The van der Waals surface area contributed by atoms with E-state index in [1.54, 1.807) is 20.8 Å². The van der Waals surface area contributed by atoms with Crippen molar-refractivity contribution in [3.05, 3.63) is 0 Å². The van der Waals surface area contributed by atoms with E-state index in [9.17, 15) is 13.2 Å². The van der Waals surface area contributed by atoms with Crippen molar-refractivity contribution in [1.29, 1.82) is 0 Å². The van der Waals surface area contributed by atoms with Crippen LogP contribution in [-0.4, -0.2) is 42.4 Å². The summed E-state index contributed by atoms with van der Waals surface area (Å²) < 4.78 is 42.7. The summed E-state index contributed by atoms with van der Waals surface area (Å²) in [5.74, 6) is 0. The van der Waals surface area contributed by atoms with Gasteiger partial charge >= 0.3 is 6.18 Å². The molecule has 0 aliphatic carbocycles. The maximum absolute atomic E-state index is 12.6. The van der Waals surface area contributed by atoms with Gasteiger partial charge in [0, 0.05) is 12.1 Å². The Labute approximate surface area is 82.0 Å². The van der Waals surface area contributed by atoms with Gasteiger partial charge < -0.3 is 4.74 Å². The molecule has 0 spiro atoms. The van der Waals surface area contributed by atoms with Crippen LogP contribution in [0.3, 0.4) is 0 Å². The van der Waals surface area contributed by atoms with Crippen molar-refractivity contribution in [2.24, 2.45) is 0 Å². The van der Waals surface area contributed by atoms with E-state index in [0.717, 1.165) is 0 Å². The summed E-state index contributed by atoms with van der Waals surface area (Å²) in [6.07, 6.45) is -4.20. The molecule has 0 aromatic carbocycles. The van der Waals surface area contributed by atoms with E-state index in [1.165, 1.54) is 4.90 Å². The topological polar surface area (TPSA) is 12.5 Å². The van der Waals surface area contributed by atoms with Gasteiger partial charge in [-0.15, -0.1) is 0 Å². The molecule has 1 rings (SSSR count). The van der Waals surface area contributed by atoms with E-state index >= 15 is 0 Å². The highest BCUT2D eigenvalue weighted by molar-refractivity contribution is 4.89. The first-order valence-electron chi connectivity index (χ1n) is 4.64. The van der Waals surface area contributed by atoms with Gasteiger partial charge in [0.15, 0.2) is 0 Å². The van der Waals surface area contributed by atoms with Gasteiger partial charge in [0.25, 0.3) is 0 Å². The average Bonchev–Trinajstić information content (AvgIpc) is 2.01. The van der Waals surface area contributed by atoms with Crippen molar-refractivity contribution < 1.29 is 17.9 Å². The number of ether oxygens (including phenoxy) is 1. The molecule has 1 aliphatic rings. The van der Waals surface area contributed by atoms with Crippen molar-refractivity contribution in [3.63, 3.8) is 0 Å². The Morgan fingerprint density at radius 2 is 1.79 bits per heavy atom. The molecule has 0 radical (unpaired) electrons. The molecule has 0 aromatic heterocycles. The van der Waals surface area contributed by atoms with E-state index < -0.39 is 17.8 Å². The lowest BCUT2D eigenvalue weighted by atomic mass is 10.0. The van der Waals surface area contributed by atoms with Crippen LogP contribution in [0, 0.1) is 0 Å². The second-order valence-electron chi connectivity index (χ2n) is 4.50. The highest BCUT2D eigenvalue weighted by atomic mass is 19.4. The van der Waals surface area contributed by atoms with Crippen LogP contribution < -0.4 is 0 Å². The molecule has 1 heterocycles. The summed E-state index contributed by atoms with van der Waals surface area (Å²) in [6, 6.07) is -1.46. The molecule has 1 atom stereocenters. The normalized spacial score (nSPS) is 26.6. The zero-order chi connectivity index (χ0) is 11.0. The predicted octanol–water partition coefficient (Wildman–Crippen LogP) is 2.05. The van der Waals surface area contributed by atoms with Crippen LogP contribution in [0.5, 0.6) is 0 Å². The van der Waals surface area contributed by atoms with Crippen LogP contribution in [0.1, 0.15) is 20.8 Å². The summed E-state index contributed by atoms with van der Waals surface area (Å²) in [5.41, 5.74) is -0.468. The number of hydrogen-bond acceptors (Lipinski definition) is 2. The van der Waals surface area contributed by atoms with Crippen molar-refractivity contribution in [2.75, 3.05) is 19.8 Å². The summed E-state index contributed by atoms with van der Waals surface area (Å²) >= 11 is 0. The van der Waals surface area contributed by atoms with Gasteiger partial charge in [-0.3, -0.25) is 4.90 Å². The van der Waals surface area contributed by atoms with Gasteiger partial charge in [0.2, 0.25) is 0 Å². The third-order valence-electron chi connectivity index (χ3n) is 2.37. The molecule has 1 saturated heterocycles. The van der Waals surface area contributed by atoms with Gasteiger partial charge in [-0.2, -0.15) is 13.2 Å². The largest absolute Gasteiger partial charge is 0.406 e. The average molecular weight is 211 g/mol. The van der Waals surface area contributed by atoms with Gasteiger partial charge in [0.05, 0.1) is 13.2 Å². The second-order valence-corrected chi connectivity index (χ2v) is 4.50. The standard InChI is InChI=1S/C9H16F3NO/c1-8(2,3)13-4-5-14-6-7(13)9(10,11)12/h7H,4-6H2,1-3H3/t7-/m1/s1. The summed E-state index contributed by atoms with van der Waals surface area (Å²) in [7, 11) is 0. The van der Waals surface area contributed by atoms with Crippen molar-refractivity contribution in [2.45, 2.75) is 38.5 Å². The summed E-state index contributed by atoms with van der Waals surface area (Å²) in [5, 5.41) is 0. The van der Waals surface area contributed by atoms with E-state index in [2.05, 4.69) is 0 Å². The first-order chi connectivity index (χ1) is 6.23. The van der Waals surface area contributed by atoms with Crippen LogP contribution in [0.15, 0.2) is 0 Å². The Hall–Kier alpha value is -0.290. The molecule has 14 heavy (non-hydrogen) atoms. The predicted molar refractivity (Wildman–Crippen MR) is 47.1 cm³/mol. The maximum atomic E-state index is 12.6. The fourth-order valence-corrected chi connectivity index (χ4v) is 1.68. The summed E-state index contributed by atoms with van der Waals surface area (Å²) in [6.45, 7) is 5.84. The first-order valence-corrected chi connectivity index (χ1v) is 4.64. The van der Waals surface area contributed by atoms with E-state index in [1.807, 2.05) is 0 Å². The van der Waals surface area contributed by atoms with Crippen molar-refractivity contribution in [3.8, 4) is 0 Å². The Morgan fingerprint density at radius 3 is 2.14 bits per heavy atom. The van der Waals surface area contributed by atoms with Gasteiger partial charge in [0.1, 0.15) is 6.04 Å². The monoisotopic (exact) mass is 211 g/mol. The van der Waals surface area contributed by atoms with Crippen molar-refractivity contribution >= 4 is 0 Å². The van der Waals surface area contributed by atoms with Gasteiger partial charge in [-0.1, -0.05) is 0 Å². The smallest absolute Gasteiger partial charge is 0.378 e. The minimum atomic E-state index is -4.20. The first kappa shape index (κ1) is 11.8. The third-order valence-corrected chi connectivity index (χ3v) is 2.37. The fourth-order valence-electron chi connectivity index (χ4n) is 1.68. The molecular weight excluding hydrogens is 195 g/mol. The van der Waals surface area contributed by atoms with Crippen LogP contribution in [-0.2, 0) is 4.74 Å². The van der Waals surface area contributed by atoms with Gasteiger partial charge in [-0.05, 0) is 20.8 Å². The maximum Gasteiger partial charge on any atom is 0.406 e. The van der Waals surface area contributed by atoms with Crippen LogP contribution in [0.25, 0.3) is 0 Å². The van der Waals surface area contributed by atoms with E-state index in [4.69, 9.17) is 4.74 Å². The second kappa shape index (κ2) is 3.70. The lowest BCUT2D eigenvalue weighted by Gasteiger charge is -2.44. The molecule has 0 unspecified atom stereocenters. The molecule has 84 valence electrons. The Morgan fingerprint density at radius 1 is 1.21 bits per heavy atom. The molecule has 2 nitrogen and oxygen atoms in total. The fraction of sp³-hybridized carbons (Fsp3) is 1.00. The molecule has 0 amide bonds. The zero-order valence-corrected chi connectivity index (χ0v) is 8.69. The zero-order valence-electron chi connectivity index (χ0n) is 8.69.